The summed E-state index contributed by atoms with van der Waals surface area (Å²) in [6.45, 7) is 0. The van der Waals surface area contributed by atoms with Crippen molar-refractivity contribution >= 4 is 69.0 Å². The Bertz CT molecular complexity index is 645. The summed E-state index contributed by atoms with van der Waals surface area (Å²) in [5.74, 6) is -0.231. The molecule has 0 unspecified atom stereocenters. The van der Waals surface area contributed by atoms with E-state index in [4.69, 9.17) is 34.8 Å². The molecule has 122 valence electrons. The summed E-state index contributed by atoms with van der Waals surface area (Å²) in [5, 5.41) is 5.75. The number of carbonyl (C=O) groups excluding carboxylic acids is 1. The molecule has 23 heavy (non-hydrogen) atoms. The second kappa shape index (κ2) is 8.42. The first-order valence-corrected chi connectivity index (χ1v) is 8.98. The zero-order chi connectivity index (χ0) is 16.9. The molecule has 0 fully saturated rings. The Kier molecular flexibility index (Phi) is 6.83. The lowest BCUT2D eigenvalue weighted by Gasteiger charge is -2.27. The van der Waals surface area contributed by atoms with Crippen molar-refractivity contribution in [3.8, 4) is 0 Å². The first-order chi connectivity index (χ1) is 10.8. The van der Waals surface area contributed by atoms with Gasteiger partial charge in [0.15, 0.2) is 0 Å². The normalized spacial score (nSPS) is 12.5. The van der Waals surface area contributed by atoms with Gasteiger partial charge in [-0.1, -0.05) is 65.1 Å². The van der Waals surface area contributed by atoms with Crippen LogP contribution in [0, 0.1) is 3.57 Å². The van der Waals surface area contributed by atoms with Gasteiger partial charge in [-0.05, 0) is 52.4 Å². The van der Waals surface area contributed by atoms with Crippen molar-refractivity contribution in [2.45, 2.75) is 16.4 Å². The second-order valence-corrected chi connectivity index (χ2v) is 8.47. The first-order valence-electron chi connectivity index (χ1n) is 6.77. The van der Waals surface area contributed by atoms with Gasteiger partial charge in [-0.3, -0.25) is 4.79 Å². The molecule has 2 aromatic rings. The minimum Gasteiger partial charge on any atom is -0.362 e. The fourth-order valence-electron chi connectivity index (χ4n) is 1.91. The highest BCUT2D eigenvalue weighted by atomic mass is 127. The van der Waals surface area contributed by atoms with Gasteiger partial charge in [0, 0.05) is 9.26 Å². The van der Waals surface area contributed by atoms with Crippen molar-refractivity contribution in [1.82, 2.24) is 5.32 Å². The first kappa shape index (κ1) is 18.6. The van der Waals surface area contributed by atoms with Crippen LogP contribution in [0.1, 0.15) is 5.56 Å². The Morgan fingerprint density at radius 1 is 1.04 bits per heavy atom. The van der Waals surface area contributed by atoms with Gasteiger partial charge < -0.3 is 10.6 Å². The maximum Gasteiger partial charge on any atom is 0.228 e. The zero-order valence-electron chi connectivity index (χ0n) is 11.9. The standard InChI is InChI=1S/C16H14Cl3IN2O/c17-16(18,19)15(21-13-8-6-12(20)7-9-13)22-14(23)10-11-4-2-1-3-5-11/h1-9,15,21H,10H2,(H,22,23)/t15-/m0/s1. The van der Waals surface area contributed by atoms with Gasteiger partial charge in [-0.2, -0.15) is 0 Å². The van der Waals surface area contributed by atoms with Crippen LogP contribution < -0.4 is 10.6 Å². The summed E-state index contributed by atoms with van der Waals surface area (Å²) < 4.78 is -0.596. The van der Waals surface area contributed by atoms with Crippen molar-refractivity contribution in [3.63, 3.8) is 0 Å². The monoisotopic (exact) mass is 482 g/mol. The highest BCUT2D eigenvalue weighted by molar-refractivity contribution is 14.1. The Morgan fingerprint density at radius 3 is 2.22 bits per heavy atom. The molecular weight excluding hydrogens is 469 g/mol. The van der Waals surface area contributed by atoms with E-state index in [-0.39, 0.29) is 12.3 Å². The lowest BCUT2D eigenvalue weighted by atomic mass is 10.1. The van der Waals surface area contributed by atoms with Crippen LogP contribution >= 0.6 is 57.4 Å². The SMILES string of the molecule is O=C(Cc1ccccc1)N[C@H](Nc1ccc(I)cc1)C(Cl)(Cl)Cl. The third-order valence-electron chi connectivity index (χ3n) is 3.00. The highest BCUT2D eigenvalue weighted by Crippen LogP contribution is 2.31. The quantitative estimate of drug-likeness (QED) is 0.366. The molecule has 2 aromatic carbocycles. The lowest BCUT2D eigenvalue weighted by Crippen LogP contribution is -2.49. The van der Waals surface area contributed by atoms with E-state index in [1.807, 2.05) is 54.6 Å². The van der Waals surface area contributed by atoms with Gasteiger partial charge in [0.2, 0.25) is 9.70 Å². The van der Waals surface area contributed by atoms with E-state index in [1.54, 1.807) is 0 Å². The number of nitrogens with one attached hydrogen (secondary N) is 2. The fourth-order valence-corrected chi connectivity index (χ4v) is 2.59. The van der Waals surface area contributed by atoms with Gasteiger partial charge >= 0.3 is 0 Å². The number of amides is 1. The number of alkyl halides is 3. The van der Waals surface area contributed by atoms with Gasteiger partial charge in [0.25, 0.3) is 0 Å². The second-order valence-electron chi connectivity index (χ2n) is 4.86. The van der Waals surface area contributed by atoms with Crippen LogP contribution in [-0.2, 0) is 11.2 Å². The molecule has 0 aliphatic rings. The van der Waals surface area contributed by atoms with Crippen molar-refractivity contribution < 1.29 is 4.79 Å². The molecule has 0 aliphatic heterocycles. The number of hydrogen-bond acceptors (Lipinski definition) is 2. The molecule has 7 heteroatoms. The summed E-state index contributed by atoms with van der Waals surface area (Å²) in [5.41, 5.74) is 1.64. The number of rotatable bonds is 5. The molecule has 1 amide bonds. The Labute approximate surface area is 163 Å². The Hall–Kier alpha value is -0.690. The average Bonchev–Trinajstić information content (AvgIpc) is 2.49. The molecule has 2 N–H and O–H groups in total. The number of halogens is 4. The molecule has 0 saturated carbocycles. The summed E-state index contributed by atoms with van der Waals surface area (Å²) in [6.07, 6.45) is -0.629. The summed E-state index contributed by atoms with van der Waals surface area (Å²) >= 11 is 20.1. The van der Waals surface area contributed by atoms with Gasteiger partial charge in [0.05, 0.1) is 6.42 Å². The van der Waals surface area contributed by atoms with Crippen LogP contribution in [0.15, 0.2) is 54.6 Å². The minimum absolute atomic E-state index is 0.215. The van der Waals surface area contributed by atoms with E-state index in [0.29, 0.717) is 0 Å². The fraction of sp³-hybridized carbons (Fsp3) is 0.188. The number of hydrogen-bond donors (Lipinski definition) is 2. The van der Waals surface area contributed by atoms with Crippen molar-refractivity contribution in [1.29, 1.82) is 0 Å². The van der Waals surface area contributed by atoms with Crippen LogP contribution in [0.4, 0.5) is 5.69 Å². The molecule has 0 aromatic heterocycles. The van der Waals surface area contributed by atoms with Crippen LogP contribution in [0.25, 0.3) is 0 Å². The van der Waals surface area contributed by atoms with Crippen molar-refractivity contribution in [2.75, 3.05) is 5.32 Å². The van der Waals surface area contributed by atoms with E-state index < -0.39 is 9.96 Å². The number of anilines is 1. The maximum atomic E-state index is 12.2. The molecule has 0 spiro atoms. The summed E-state index contributed by atoms with van der Waals surface area (Å²) in [7, 11) is 0. The molecule has 0 radical (unpaired) electrons. The number of benzene rings is 2. The molecule has 3 nitrogen and oxygen atoms in total. The predicted octanol–water partition coefficient (Wildman–Crippen LogP) is 4.76. The molecule has 0 bridgehead atoms. The van der Waals surface area contributed by atoms with Gasteiger partial charge in [0.1, 0.15) is 6.17 Å². The van der Waals surface area contributed by atoms with Crippen LogP contribution in [0.3, 0.4) is 0 Å². The topological polar surface area (TPSA) is 41.1 Å². The van der Waals surface area contributed by atoms with E-state index >= 15 is 0 Å². The van der Waals surface area contributed by atoms with E-state index in [2.05, 4.69) is 33.2 Å². The Morgan fingerprint density at radius 2 is 1.65 bits per heavy atom. The minimum atomic E-state index is -1.69. The molecular formula is C16H14Cl3IN2O. The van der Waals surface area contributed by atoms with E-state index in [1.165, 1.54) is 0 Å². The van der Waals surface area contributed by atoms with Crippen LogP contribution in [0.2, 0.25) is 0 Å². The smallest absolute Gasteiger partial charge is 0.228 e. The predicted molar refractivity (Wildman–Crippen MR) is 105 cm³/mol. The average molecular weight is 484 g/mol. The van der Waals surface area contributed by atoms with Crippen molar-refractivity contribution in [2.24, 2.45) is 0 Å². The molecule has 0 aliphatic carbocycles. The largest absolute Gasteiger partial charge is 0.362 e. The van der Waals surface area contributed by atoms with Crippen LogP contribution in [0.5, 0.6) is 0 Å². The van der Waals surface area contributed by atoms with E-state index in [0.717, 1.165) is 14.8 Å². The van der Waals surface area contributed by atoms with E-state index in [9.17, 15) is 4.79 Å². The highest BCUT2D eigenvalue weighted by Gasteiger charge is 2.34. The molecule has 2 rings (SSSR count). The molecule has 1 atom stereocenters. The Balaban J connectivity index is 2.04. The van der Waals surface area contributed by atoms with Gasteiger partial charge in [-0.25, -0.2) is 0 Å². The third-order valence-corrected chi connectivity index (χ3v) is 4.37. The van der Waals surface area contributed by atoms with Gasteiger partial charge in [-0.15, -0.1) is 0 Å². The third kappa shape index (κ3) is 6.37. The maximum absolute atomic E-state index is 12.2. The lowest BCUT2D eigenvalue weighted by molar-refractivity contribution is -0.120. The summed E-state index contributed by atoms with van der Waals surface area (Å²) in [4.78, 5) is 12.2. The molecule has 0 heterocycles. The number of carbonyl (C=O) groups is 1. The van der Waals surface area contributed by atoms with Crippen LogP contribution in [-0.4, -0.2) is 15.9 Å². The summed E-state index contributed by atoms with van der Waals surface area (Å²) in [6, 6.07) is 16.9. The molecule has 0 saturated heterocycles. The zero-order valence-corrected chi connectivity index (χ0v) is 16.3. The van der Waals surface area contributed by atoms with Crippen molar-refractivity contribution in [3.05, 3.63) is 63.7 Å².